The number of carbonyl (C=O) groups is 1. The molecule has 1 saturated heterocycles. The van der Waals surface area contributed by atoms with Crippen molar-refractivity contribution in [3.8, 4) is 0 Å². The number of pyridine rings is 1. The minimum atomic E-state index is 0.00200. The van der Waals surface area contributed by atoms with E-state index in [0.29, 0.717) is 6.04 Å². The van der Waals surface area contributed by atoms with Gasteiger partial charge in [0.25, 0.3) is 0 Å². The SMILES string of the molecule is CC(=O)[C@@H]1C[C@@H](Nc2ccc3cnccc3c2)CN1. The maximum absolute atomic E-state index is 11.3. The smallest absolute Gasteiger partial charge is 0.146 e. The molecule has 3 rings (SSSR count). The lowest BCUT2D eigenvalue weighted by Gasteiger charge is -2.13. The van der Waals surface area contributed by atoms with E-state index in [9.17, 15) is 4.79 Å². The van der Waals surface area contributed by atoms with Crippen LogP contribution in [0.5, 0.6) is 0 Å². The molecule has 2 atom stereocenters. The van der Waals surface area contributed by atoms with Crippen molar-refractivity contribution >= 4 is 22.2 Å². The second-order valence-electron chi connectivity index (χ2n) is 5.09. The van der Waals surface area contributed by atoms with E-state index >= 15 is 0 Å². The maximum atomic E-state index is 11.3. The van der Waals surface area contributed by atoms with Crippen LogP contribution in [0, 0.1) is 0 Å². The molecule has 19 heavy (non-hydrogen) atoms. The number of fused-ring (bicyclic) bond motifs is 1. The average Bonchev–Trinajstić information content (AvgIpc) is 2.87. The molecule has 1 aromatic carbocycles. The lowest BCUT2D eigenvalue weighted by Crippen LogP contribution is -2.28. The van der Waals surface area contributed by atoms with Gasteiger partial charge in [-0.05, 0) is 36.9 Å². The third kappa shape index (κ3) is 2.58. The molecule has 1 aromatic heterocycles. The first-order valence-electron chi connectivity index (χ1n) is 6.56. The number of hydrogen-bond donors (Lipinski definition) is 2. The molecule has 0 radical (unpaired) electrons. The molecule has 1 aliphatic heterocycles. The van der Waals surface area contributed by atoms with E-state index in [-0.39, 0.29) is 11.8 Å². The monoisotopic (exact) mass is 255 g/mol. The molecule has 0 bridgehead atoms. The summed E-state index contributed by atoms with van der Waals surface area (Å²) in [5.41, 5.74) is 1.09. The fourth-order valence-corrected chi connectivity index (χ4v) is 2.56. The van der Waals surface area contributed by atoms with Gasteiger partial charge in [0.15, 0.2) is 0 Å². The third-order valence-electron chi connectivity index (χ3n) is 3.63. The Bertz CT molecular complexity index is 611. The Hall–Kier alpha value is -1.94. The molecular formula is C15H17N3O. The summed E-state index contributed by atoms with van der Waals surface area (Å²) in [5, 5.41) is 9.04. The second-order valence-corrected chi connectivity index (χ2v) is 5.09. The molecular weight excluding hydrogens is 238 g/mol. The number of carbonyl (C=O) groups excluding carboxylic acids is 1. The summed E-state index contributed by atoms with van der Waals surface area (Å²) in [7, 11) is 0. The highest BCUT2D eigenvalue weighted by atomic mass is 16.1. The van der Waals surface area contributed by atoms with Crippen molar-refractivity contribution in [2.45, 2.75) is 25.4 Å². The predicted octanol–water partition coefficient (Wildman–Crippen LogP) is 1.97. The van der Waals surface area contributed by atoms with E-state index in [2.05, 4.69) is 33.8 Å². The summed E-state index contributed by atoms with van der Waals surface area (Å²) in [6, 6.07) is 8.57. The van der Waals surface area contributed by atoms with Gasteiger partial charge in [0, 0.05) is 36.1 Å². The summed E-state index contributed by atoms with van der Waals surface area (Å²) in [6.07, 6.45) is 4.51. The van der Waals surface area contributed by atoms with Gasteiger partial charge in [0.2, 0.25) is 0 Å². The fourth-order valence-electron chi connectivity index (χ4n) is 2.56. The van der Waals surface area contributed by atoms with Gasteiger partial charge in [0.1, 0.15) is 5.78 Å². The standard InChI is InChI=1S/C15H17N3O/c1-10(19)15-7-14(9-17-15)18-13-3-2-12-8-16-5-4-11(12)6-13/h2-6,8,14-15,17-18H,7,9H2,1H3/t14-,15+/m1/s1. The van der Waals surface area contributed by atoms with Crippen LogP contribution in [0.15, 0.2) is 36.7 Å². The van der Waals surface area contributed by atoms with Crippen LogP contribution in [-0.2, 0) is 4.79 Å². The summed E-state index contributed by atoms with van der Waals surface area (Å²) in [5.74, 6) is 0.217. The normalized spacial score (nSPS) is 22.6. The van der Waals surface area contributed by atoms with Crippen molar-refractivity contribution in [2.24, 2.45) is 0 Å². The lowest BCUT2D eigenvalue weighted by atomic mass is 10.1. The van der Waals surface area contributed by atoms with E-state index < -0.39 is 0 Å². The topological polar surface area (TPSA) is 54.0 Å². The molecule has 1 aliphatic rings. The zero-order valence-electron chi connectivity index (χ0n) is 10.9. The molecule has 0 saturated carbocycles. The molecule has 2 heterocycles. The number of benzene rings is 1. The Morgan fingerprint density at radius 3 is 3.05 bits per heavy atom. The maximum Gasteiger partial charge on any atom is 0.146 e. The Balaban J connectivity index is 1.73. The Kier molecular flexibility index (Phi) is 3.17. The van der Waals surface area contributed by atoms with Gasteiger partial charge in [-0.25, -0.2) is 0 Å². The lowest BCUT2D eigenvalue weighted by molar-refractivity contribution is -0.118. The van der Waals surface area contributed by atoms with E-state index in [0.717, 1.165) is 24.0 Å². The predicted molar refractivity (Wildman–Crippen MR) is 76.2 cm³/mol. The first-order chi connectivity index (χ1) is 9.22. The van der Waals surface area contributed by atoms with Gasteiger partial charge < -0.3 is 10.6 Å². The van der Waals surface area contributed by atoms with Crippen LogP contribution in [-0.4, -0.2) is 29.4 Å². The summed E-state index contributed by atoms with van der Waals surface area (Å²) < 4.78 is 0. The molecule has 1 fully saturated rings. The third-order valence-corrected chi connectivity index (χ3v) is 3.63. The quantitative estimate of drug-likeness (QED) is 0.880. The Morgan fingerprint density at radius 2 is 2.26 bits per heavy atom. The van der Waals surface area contributed by atoms with Crippen LogP contribution in [0.3, 0.4) is 0 Å². The van der Waals surface area contributed by atoms with E-state index in [1.807, 2.05) is 12.3 Å². The van der Waals surface area contributed by atoms with Crippen molar-refractivity contribution in [1.82, 2.24) is 10.3 Å². The Labute approximate surface area is 112 Å². The second kappa shape index (κ2) is 4.97. The van der Waals surface area contributed by atoms with Crippen molar-refractivity contribution in [1.29, 1.82) is 0 Å². The van der Waals surface area contributed by atoms with Crippen molar-refractivity contribution in [3.63, 3.8) is 0 Å². The number of anilines is 1. The van der Waals surface area contributed by atoms with Gasteiger partial charge in [0.05, 0.1) is 6.04 Å². The molecule has 98 valence electrons. The zero-order valence-corrected chi connectivity index (χ0v) is 10.9. The molecule has 0 spiro atoms. The van der Waals surface area contributed by atoms with E-state index in [1.54, 1.807) is 13.1 Å². The van der Waals surface area contributed by atoms with Crippen LogP contribution in [0.25, 0.3) is 10.8 Å². The van der Waals surface area contributed by atoms with E-state index in [1.165, 1.54) is 5.39 Å². The molecule has 0 amide bonds. The van der Waals surface area contributed by atoms with Crippen molar-refractivity contribution in [3.05, 3.63) is 36.7 Å². The van der Waals surface area contributed by atoms with Crippen LogP contribution in [0.1, 0.15) is 13.3 Å². The highest BCUT2D eigenvalue weighted by Gasteiger charge is 2.26. The van der Waals surface area contributed by atoms with Crippen molar-refractivity contribution < 1.29 is 4.79 Å². The minimum Gasteiger partial charge on any atom is -0.381 e. The van der Waals surface area contributed by atoms with Gasteiger partial charge in [-0.1, -0.05) is 6.07 Å². The summed E-state index contributed by atoms with van der Waals surface area (Å²) >= 11 is 0. The van der Waals surface area contributed by atoms with Crippen LogP contribution in [0.2, 0.25) is 0 Å². The summed E-state index contributed by atoms with van der Waals surface area (Å²) in [4.78, 5) is 15.4. The molecule has 4 heteroatoms. The molecule has 0 unspecified atom stereocenters. The fraction of sp³-hybridized carbons (Fsp3) is 0.333. The number of ketones is 1. The zero-order chi connectivity index (χ0) is 13.2. The van der Waals surface area contributed by atoms with Crippen LogP contribution >= 0.6 is 0 Å². The number of nitrogens with one attached hydrogen (secondary N) is 2. The number of Topliss-reactive ketones (excluding diaryl/α,β-unsaturated/α-hetero) is 1. The highest BCUT2D eigenvalue weighted by Crippen LogP contribution is 2.20. The first-order valence-corrected chi connectivity index (χ1v) is 6.56. The van der Waals surface area contributed by atoms with Gasteiger partial charge in [-0.3, -0.25) is 9.78 Å². The Morgan fingerprint density at radius 1 is 1.37 bits per heavy atom. The molecule has 2 aromatic rings. The van der Waals surface area contributed by atoms with Gasteiger partial charge in [-0.15, -0.1) is 0 Å². The number of hydrogen-bond acceptors (Lipinski definition) is 4. The van der Waals surface area contributed by atoms with Gasteiger partial charge in [-0.2, -0.15) is 0 Å². The number of nitrogens with zero attached hydrogens (tertiary/aromatic N) is 1. The van der Waals surface area contributed by atoms with Crippen molar-refractivity contribution in [2.75, 3.05) is 11.9 Å². The van der Waals surface area contributed by atoms with Crippen LogP contribution in [0.4, 0.5) is 5.69 Å². The average molecular weight is 255 g/mol. The number of rotatable bonds is 3. The summed E-state index contributed by atoms with van der Waals surface area (Å²) in [6.45, 7) is 2.47. The van der Waals surface area contributed by atoms with Gasteiger partial charge >= 0.3 is 0 Å². The van der Waals surface area contributed by atoms with Crippen LogP contribution < -0.4 is 10.6 Å². The largest absolute Gasteiger partial charge is 0.381 e. The molecule has 0 aliphatic carbocycles. The molecule has 4 nitrogen and oxygen atoms in total. The first kappa shape index (κ1) is 12.1. The van der Waals surface area contributed by atoms with E-state index in [4.69, 9.17) is 0 Å². The number of aromatic nitrogens is 1. The highest BCUT2D eigenvalue weighted by molar-refractivity contribution is 5.85. The minimum absolute atomic E-state index is 0.00200. The molecule has 2 N–H and O–H groups in total.